The molecular weight excluding hydrogens is 226 g/mol. The molecule has 0 bridgehead atoms. The van der Waals surface area contributed by atoms with Gasteiger partial charge in [0.25, 0.3) is 0 Å². The summed E-state index contributed by atoms with van der Waals surface area (Å²) in [6, 6.07) is 8.25. The zero-order chi connectivity index (χ0) is 12.4. The highest BCUT2D eigenvalue weighted by molar-refractivity contribution is 5.79. The molecule has 4 nitrogen and oxygen atoms in total. The quantitative estimate of drug-likeness (QED) is 0.877. The molecule has 1 aliphatic rings. The topological polar surface area (TPSA) is 54.9 Å². The predicted molar refractivity (Wildman–Crippen MR) is 70.4 cm³/mol. The molecule has 0 saturated heterocycles. The van der Waals surface area contributed by atoms with Crippen molar-refractivity contribution in [3.05, 3.63) is 30.5 Å². The molecule has 0 aliphatic heterocycles. The summed E-state index contributed by atoms with van der Waals surface area (Å²) in [6.45, 7) is 0. The number of ketones is 1. The zero-order valence-electron chi connectivity index (χ0n) is 10.1. The van der Waals surface area contributed by atoms with Gasteiger partial charge in [0.05, 0.1) is 0 Å². The van der Waals surface area contributed by atoms with Crippen LogP contribution in [0.15, 0.2) is 30.5 Å². The normalized spacial score (nSPS) is 17.0. The highest BCUT2D eigenvalue weighted by Gasteiger charge is 2.18. The van der Waals surface area contributed by atoms with Crippen LogP contribution in [0.25, 0.3) is 11.0 Å². The number of carbonyl (C=O) groups excluding carboxylic acids is 1. The second kappa shape index (κ2) is 4.72. The number of rotatable bonds is 2. The average Bonchev–Trinajstić information content (AvgIpc) is 2.41. The summed E-state index contributed by atoms with van der Waals surface area (Å²) in [5.74, 6) is 1.22. The van der Waals surface area contributed by atoms with Gasteiger partial charge < -0.3 is 5.32 Å². The van der Waals surface area contributed by atoms with Crippen LogP contribution in [0.3, 0.4) is 0 Å². The number of pyridine rings is 2. The van der Waals surface area contributed by atoms with Gasteiger partial charge in [0, 0.05) is 30.5 Å². The molecule has 2 aromatic heterocycles. The fourth-order valence-corrected chi connectivity index (χ4v) is 2.33. The number of anilines is 1. The lowest BCUT2D eigenvalue weighted by Crippen LogP contribution is -2.26. The molecule has 0 aromatic carbocycles. The van der Waals surface area contributed by atoms with Gasteiger partial charge in [0.1, 0.15) is 11.6 Å². The van der Waals surface area contributed by atoms with E-state index in [1.165, 1.54) is 0 Å². The van der Waals surface area contributed by atoms with E-state index >= 15 is 0 Å². The zero-order valence-corrected chi connectivity index (χ0v) is 10.1. The average molecular weight is 241 g/mol. The van der Waals surface area contributed by atoms with E-state index in [4.69, 9.17) is 0 Å². The molecule has 0 unspecified atom stereocenters. The molecule has 18 heavy (non-hydrogen) atoms. The SMILES string of the molecule is O=C1CCC(Nc2ccc3cccnc3n2)CC1. The number of fused-ring (bicyclic) bond motifs is 1. The van der Waals surface area contributed by atoms with Gasteiger partial charge in [-0.3, -0.25) is 4.79 Å². The lowest BCUT2D eigenvalue weighted by atomic mass is 9.94. The van der Waals surface area contributed by atoms with E-state index in [-0.39, 0.29) is 0 Å². The summed E-state index contributed by atoms with van der Waals surface area (Å²) in [5.41, 5.74) is 0.759. The van der Waals surface area contributed by atoms with E-state index in [1.54, 1.807) is 6.20 Å². The van der Waals surface area contributed by atoms with Crippen molar-refractivity contribution in [2.45, 2.75) is 31.7 Å². The maximum Gasteiger partial charge on any atom is 0.161 e. The molecule has 0 atom stereocenters. The van der Waals surface area contributed by atoms with Gasteiger partial charge in [0.15, 0.2) is 5.65 Å². The lowest BCUT2D eigenvalue weighted by Gasteiger charge is -2.22. The first-order valence-corrected chi connectivity index (χ1v) is 6.31. The van der Waals surface area contributed by atoms with E-state index in [2.05, 4.69) is 15.3 Å². The van der Waals surface area contributed by atoms with E-state index < -0.39 is 0 Å². The van der Waals surface area contributed by atoms with Crippen LogP contribution in [0.1, 0.15) is 25.7 Å². The minimum atomic E-state index is 0.358. The Labute approximate surface area is 105 Å². The number of hydrogen-bond donors (Lipinski definition) is 1. The van der Waals surface area contributed by atoms with Gasteiger partial charge in [-0.2, -0.15) is 0 Å². The molecule has 2 aromatic rings. The Kier molecular flexibility index (Phi) is 2.92. The standard InChI is InChI=1S/C14H15N3O/c18-12-6-4-11(5-7-12)16-13-8-3-10-2-1-9-15-14(10)17-13/h1-3,8-9,11H,4-7H2,(H,15,16,17). The van der Waals surface area contributed by atoms with Crippen molar-refractivity contribution in [2.75, 3.05) is 5.32 Å². The van der Waals surface area contributed by atoms with Crippen molar-refractivity contribution in [2.24, 2.45) is 0 Å². The van der Waals surface area contributed by atoms with Crippen LogP contribution in [-0.4, -0.2) is 21.8 Å². The third kappa shape index (κ3) is 2.32. The van der Waals surface area contributed by atoms with E-state index in [0.717, 1.165) is 29.7 Å². The van der Waals surface area contributed by atoms with Crippen molar-refractivity contribution in [1.82, 2.24) is 9.97 Å². The second-order valence-corrected chi connectivity index (χ2v) is 4.70. The van der Waals surface area contributed by atoms with Gasteiger partial charge in [0.2, 0.25) is 0 Å². The molecule has 3 rings (SSSR count). The number of aromatic nitrogens is 2. The first-order valence-electron chi connectivity index (χ1n) is 6.31. The fraction of sp³-hybridized carbons (Fsp3) is 0.357. The molecule has 0 radical (unpaired) electrons. The van der Waals surface area contributed by atoms with Crippen molar-refractivity contribution in [3.8, 4) is 0 Å². The molecule has 4 heteroatoms. The van der Waals surface area contributed by atoms with Crippen molar-refractivity contribution in [1.29, 1.82) is 0 Å². The molecule has 92 valence electrons. The van der Waals surface area contributed by atoms with Crippen LogP contribution >= 0.6 is 0 Å². The third-order valence-electron chi connectivity index (χ3n) is 3.36. The molecular formula is C14H15N3O. The summed E-state index contributed by atoms with van der Waals surface area (Å²) in [5, 5.41) is 4.43. The lowest BCUT2D eigenvalue weighted by molar-refractivity contribution is -0.120. The summed E-state index contributed by atoms with van der Waals surface area (Å²) in [4.78, 5) is 19.9. The minimum Gasteiger partial charge on any atom is -0.367 e. The van der Waals surface area contributed by atoms with Gasteiger partial charge in [-0.25, -0.2) is 9.97 Å². The van der Waals surface area contributed by atoms with E-state index in [0.29, 0.717) is 24.7 Å². The Hall–Kier alpha value is -1.97. The molecule has 1 aliphatic carbocycles. The van der Waals surface area contributed by atoms with Crippen LogP contribution in [0.2, 0.25) is 0 Å². The Morgan fingerprint density at radius 2 is 2.00 bits per heavy atom. The van der Waals surface area contributed by atoms with Crippen molar-refractivity contribution >= 4 is 22.6 Å². The second-order valence-electron chi connectivity index (χ2n) is 4.70. The first-order chi connectivity index (χ1) is 8.81. The summed E-state index contributed by atoms with van der Waals surface area (Å²) in [7, 11) is 0. The number of hydrogen-bond acceptors (Lipinski definition) is 4. The van der Waals surface area contributed by atoms with Crippen molar-refractivity contribution < 1.29 is 4.79 Å². The summed E-state index contributed by atoms with van der Waals surface area (Å²) in [6.07, 6.45) is 4.92. The smallest absolute Gasteiger partial charge is 0.161 e. The minimum absolute atomic E-state index is 0.358. The van der Waals surface area contributed by atoms with Gasteiger partial charge in [-0.15, -0.1) is 0 Å². The largest absolute Gasteiger partial charge is 0.367 e. The van der Waals surface area contributed by atoms with Crippen LogP contribution in [0, 0.1) is 0 Å². The highest BCUT2D eigenvalue weighted by atomic mass is 16.1. The molecule has 1 N–H and O–H groups in total. The highest BCUT2D eigenvalue weighted by Crippen LogP contribution is 2.20. The summed E-state index contributed by atoms with van der Waals surface area (Å²) < 4.78 is 0. The molecule has 2 heterocycles. The number of Topliss-reactive ketones (excluding diaryl/α,β-unsaturated/α-hetero) is 1. The number of nitrogens with zero attached hydrogens (tertiary/aromatic N) is 2. The van der Waals surface area contributed by atoms with Crippen LogP contribution in [0.4, 0.5) is 5.82 Å². The van der Waals surface area contributed by atoms with E-state index in [9.17, 15) is 4.79 Å². The number of carbonyl (C=O) groups is 1. The monoisotopic (exact) mass is 241 g/mol. The van der Waals surface area contributed by atoms with E-state index in [1.807, 2.05) is 24.3 Å². The molecule has 0 spiro atoms. The summed E-state index contributed by atoms with van der Waals surface area (Å²) >= 11 is 0. The molecule has 1 saturated carbocycles. The first kappa shape index (κ1) is 11.1. The van der Waals surface area contributed by atoms with Gasteiger partial charge >= 0.3 is 0 Å². The van der Waals surface area contributed by atoms with Crippen LogP contribution in [-0.2, 0) is 4.79 Å². The Morgan fingerprint density at radius 3 is 2.83 bits per heavy atom. The Morgan fingerprint density at radius 1 is 1.17 bits per heavy atom. The van der Waals surface area contributed by atoms with Crippen LogP contribution in [0.5, 0.6) is 0 Å². The number of nitrogens with one attached hydrogen (secondary N) is 1. The van der Waals surface area contributed by atoms with Gasteiger partial charge in [-0.1, -0.05) is 0 Å². The van der Waals surface area contributed by atoms with Crippen LogP contribution < -0.4 is 5.32 Å². The third-order valence-corrected chi connectivity index (χ3v) is 3.36. The van der Waals surface area contributed by atoms with Gasteiger partial charge in [-0.05, 0) is 37.1 Å². The van der Waals surface area contributed by atoms with Crippen molar-refractivity contribution in [3.63, 3.8) is 0 Å². The maximum absolute atomic E-state index is 11.2. The Bertz CT molecular complexity index is 572. The molecule has 0 amide bonds. The Balaban J connectivity index is 1.76. The molecule has 1 fully saturated rings. The predicted octanol–water partition coefficient (Wildman–Crippen LogP) is 2.55. The maximum atomic E-state index is 11.2. The fourth-order valence-electron chi connectivity index (χ4n) is 2.33.